The van der Waals surface area contributed by atoms with Gasteiger partial charge in [0.1, 0.15) is 5.39 Å². The minimum Gasteiger partial charge on any atom is -0.369 e. The van der Waals surface area contributed by atoms with Crippen molar-refractivity contribution >= 4 is 28.4 Å². The van der Waals surface area contributed by atoms with Crippen LogP contribution >= 0.6 is 0 Å². The lowest BCUT2D eigenvalue weighted by molar-refractivity contribution is 0.312. The SMILES string of the molecule is C=CCn1c(=O)c2cnc(Nc3ccc(N4CCN(C)CC4)c(C)c3)nc2n1-c1cccc(C(C)(C)N)n1. The Balaban J connectivity index is 1.52. The molecule has 10 heteroatoms. The van der Waals surface area contributed by atoms with Crippen LogP contribution < -0.4 is 21.5 Å². The Bertz CT molecular complexity index is 1540. The number of fused-ring (bicyclic) bond motifs is 1. The van der Waals surface area contributed by atoms with Crippen molar-refractivity contribution in [3.8, 4) is 5.82 Å². The first-order valence-electron chi connectivity index (χ1n) is 12.8. The number of anilines is 3. The highest BCUT2D eigenvalue weighted by molar-refractivity contribution is 5.77. The van der Waals surface area contributed by atoms with Crippen molar-refractivity contribution in [2.24, 2.45) is 5.73 Å². The Morgan fingerprint density at radius 1 is 1.13 bits per heavy atom. The smallest absolute Gasteiger partial charge is 0.278 e. The zero-order valence-electron chi connectivity index (χ0n) is 22.5. The molecule has 4 aromatic rings. The molecule has 0 bridgehead atoms. The van der Waals surface area contributed by atoms with E-state index in [-0.39, 0.29) is 5.56 Å². The van der Waals surface area contributed by atoms with Gasteiger partial charge in [-0.2, -0.15) is 4.98 Å². The fraction of sp³-hybridized carbons (Fsp3) is 0.357. The van der Waals surface area contributed by atoms with Gasteiger partial charge in [-0.25, -0.2) is 19.3 Å². The lowest BCUT2D eigenvalue weighted by atomic mass is 10.0. The number of hydrogen-bond donors (Lipinski definition) is 2. The fourth-order valence-electron chi connectivity index (χ4n) is 4.77. The van der Waals surface area contributed by atoms with Crippen LogP contribution in [0.25, 0.3) is 16.9 Å². The van der Waals surface area contributed by atoms with E-state index in [4.69, 9.17) is 15.7 Å². The Morgan fingerprint density at radius 2 is 1.89 bits per heavy atom. The molecule has 0 radical (unpaired) electrons. The van der Waals surface area contributed by atoms with Gasteiger partial charge in [0.2, 0.25) is 5.95 Å². The lowest BCUT2D eigenvalue weighted by Gasteiger charge is -2.35. The van der Waals surface area contributed by atoms with Crippen LogP contribution in [0.15, 0.2) is 60.0 Å². The average Bonchev–Trinajstić information content (AvgIpc) is 3.15. The molecule has 10 nitrogen and oxygen atoms in total. The molecular weight excluding hydrogens is 478 g/mol. The van der Waals surface area contributed by atoms with Crippen LogP contribution in [-0.2, 0) is 12.1 Å². The predicted molar refractivity (Wildman–Crippen MR) is 153 cm³/mol. The molecule has 5 rings (SSSR count). The molecular formula is C28H35N9O. The van der Waals surface area contributed by atoms with Crippen molar-refractivity contribution in [1.29, 1.82) is 0 Å². The molecule has 198 valence electrons. The number of nitrogens with two attached hydrogens (primary N) is 1. The highest BCUT2D eigenvalue weighted by Crippen LogP contribution is 2.26. The van der Waals surface area contributed by atoms with Gasteiger partial charge in [-0.3, -0.25) is 4.79 Å². The van der Waals surface area contributed by atoms with Crippen LogP contribution in [0.3, 0.4) is 0 Å². The van der Waals surface area contributed by atoms with E-state index in [0.717, 1.165) is 31.9 Å². The first-order chi connectivity index (χ1) is 18.2. The summed E-state index contributed by atoms with van der Waals surface area (Å²) in [7, 11) is 2.16. The summed E-state index contributed by atoms with van der Waals surface area (Å²) >= 11 is 0. The van der Waals surface area contributed by atoms with Gasteiger partial charge in [-0.05, 0) is 63.7 Å². The number of aryl methyl sites for hydroxylation is 1. The summed E-state index contributed by atoms with van der Waals surface area (Å²) in [6, 6.07) is 11.9. The molecule has 3 N–H and O–H groups in total. The molecule has 1 aliphatic rings. The summed E-state index contributed by atoms with van der Waals surface area (Å²) in [6.07, 6.45) is 3.23. The fourth-order valence-corrected chi connectivity index (χ4v) is 4.77. The molecule has 4 heterocycles. The minimum absolute atomic E-state index is 0.210. The standard InChI is InChI=1S/C28H35N9O/c1-6-12-36-26(38)21-18-30-27(33-25(21)37(36)24-9-7-8-23(32-24)28(3,4)29)31-20-10-11-22(19(2)17-20)35-15-13-34(5)14-16-35/h6-11,17-18H,1,12-16,29H2,2-5H3,(H,30,31,33). The van der Waals surface area contributed by atoms with E-state index < -0.39 is 5.54 Å². The molecule has 1 aromatic carbocycles. The summed E-state index contributed by atoms with van der Waals surface area (Å²) in [5.74, 6) is 0.941. The molecule has 0 atom stereocenters. The number of nitrogens with zero attached hydrogens (tertiary/aromatic N) is 7. The third-order valence-corrected chi connectivity index (χ3v) is 6.89. The Hall–Kier alpha value is -4.02. The molecule has 0 saturated carbocycles. The van der Waals surface area contributed by atoms with Gasteiger partial charge in [-0.15, -0.1) is 6.58 Å². The van der Waals surface area contributed by atoms with Gasteiger partial charge >= 0.3 is 0 Å². The van der Waals surface area contributed by atoms with E-state index in [0.29, 0.717) is 35.0 Å². The van der Waals surface area contributed by atoms with E-state index in [1.807, 2.05) is 38.1 Å². The van der Waals surface area contributed by atoms with Crippen molar-refractivity contribution in [3.63, 3.8) is 0 Å². The number of likely N-dealkylation sites (N-methyl/N-ethyl adjacent to an activating group) is 1. The monoisotopic (exact) mass is 513 g/mol. The second-order valence-corrected chi connectivity index (χ2v) is 10.4. The number of aromatic nitrogens is 5. The van der Waals surface area contributed by atoms with Gasteiger partial charge in [0, 0.05) is 43.8 Å². The average molecular weight is 514 g/mol. The third-order valence-electron chi connectivity index (χ3n) is 6.89. The molecule has 0 unspecified atom stereocenters. The van der Waals surface area contributed by atoms with E-state index in [1.54, 1.807) is 21.6 Å². The molecule has 0 aliphatic carbocycles. The number of rotatable bonds is 7. The highest BCUT2D eigenvalue weighted by Gasteiger charge is 2.21. The van der Waals surface area contributed by atoms with Gasteiger partial charge in [0.05, 0.1) is 17.8 Å². The second-order valence-electron chi connectivity index (χ2n) is 10.4. The number of allylic oxidation sites excluding steroid dienone is 1. The maximum Gasteiger partial charge on any atom is 0.278 e. The van der Waals surface area contributed by atoms with Crippen LogP contribution in [0.4, 0.5) is 17.3 Å². The number of hydrogen-bond acceptors (Lipinski definition) is 8. The van der Waals surface area contributed by atoms with Gasteiger partial charge in [0.15, 0.2) is 11.5 Å². The summed E-state index contributed by atoms with van der Waals surface area (Å²) in [6.45, 7) is 14.2. The Kier molecular flexibility index (Phi) is 6.77. The van der Waals surface area contributed by atoms with E-state index >= 15 is 0 Å². The van der Waals surface area contributed by atoms with Gasteiger partial charge in [0.25, 0.3) is 5.56 Å². The van der Waals surface area contributed by atoms with Crippen molar-refractivity contribution < 1.29 is 0 Å². The Labute approximate surface area is 222 Å². The lowest BCUT2D eigenvalue weighted by Crippen LogP contribution is -2.44. The first-order valence-corrected chi connectivity index (χ1v) is 12.8. The largest absolute Gasteiger partial charge is 0.369 e. The maximum absolute atomic E-state index is 13.3. The van der Waals surface area contributed by atoms with Crippen molar-refractivity contribution in [2.45, 2.75) is 32.9 Å². The third kappa shape index (κ3) is 4.92. The number of nitrogens with one attached hydrogen (secondary N) is 1. The summed E-state index contributed by atoms with van der Waals surface area (Å²) < 4.78 is 3.27. The van der Waals surface area contributed by atoms with Crippen molar-refractivity contribution in [1.82, 2.24) is 29.2 Å². The normalized spacial score (nSPS) is 14.7. The van der Waals surface area contributed by atoms with Crippen LogP contribution in [-0.4, -0.2) is 62.4 Å². The van der Waals surface area contributed by atoms with E-state index in [2.05, 4.69) is 52.8 Å². The van der Waals surface area contributed by atoms with Crippen LogP contribution in [0.2, 0.25) is 0 Å². The molecule has 38 heavy (non-hydrogen) atoms. The molecule has 1 fully saturated rings. The summed E-state index contributed by atoms with van der Waals surface area (Å²) in [5, 5.41) is 3.72. The number of benzene rings is 1. The first kappa shape index (κ1) is 25.6. The van der Waals surface area contributed by atoms with Crippen molar-refractivity contribution in [3.05, 3.63) is 76.9 Å². The van der Waals surface area contributed by atoms with Gasteiger partial charge < -0.3 is 20.9 Å². The summed E-state index contributed by atoms with van der Waals surface area (Å²) in [5.41, 5.74) is 9.92. The van der Waals surface area contributed by atoms with Crippen LogP contribution in [0.5, 0.6) is 0 Å². The van der Waals surface area contributed by atoms with Crippen LogP contribution in [0, 0.1) is 6.92 Å². The number of piperazine rings is 1. The van der Waals surface area contributed by atoms with Crippen LogP contribution in [0.1, 0.15) is 25.1 Å². The summed E-state index contributed by atoms with van der Waals surface area (Å²) in [4.78, 5) is 32.0. The molecule has 0 spiro atoms. The Morgan fingerprint density at radius 3 is 2.58 bits per heavy atom. The van der Waals surface area contributed by atoms with E-state index in [9.17, 15) is 4.79 Å². The highest BCUT2D eigenvalue weighted by atomic mass is 16.1. The van der Waals surface area contributed by atoms with Gasteiger partial charge in [-0.1, -0.05) is 12.1 Å². The predicted octanol–water partition coefficient (Wildman–Crippen LogP) is 3.16. The minimum atomic E-state index is -0.641. The number of pyridine rings is 1. The zero-order valence-corrected chi connectivity index (χ0v) is 22.5. The zero-order chi connectivity index (χ0) is 27.0. The topological polar surface area (TPSA) is 110 Å². The second kappa shape index (κ2) is 10.0. The molecule has 3 aromatic heterocycles. The maximum atomic E-state index is 13.3. The molecule has 1 aliphatic heterocycles. The molecule has 1 saturated heterocycles. The molecule has 0 amide bonds. The van der Waals surface area contributed by atoms with Crippen molar-refractivity contribution in [2.75, 3.05) is 43.4 Å². The van der Waals surface area contributed by atoms with E-state index in [1.165, 1.54) is 11.3 Å². The quantitative estimate of drug-likeness (QED) is 0.363.